The Kier molecular flexibility index (Phi) is 15.9. The first-order chi connectivity index (χ1) is 32.4. The van der Waals surface area contributed by atoms with Crippen LogP contribution in [0.15, 0.2) is 36.4 Å². The number of likely N-dealkylation sites (N-methyl/N-ethyl adjacent to an activating group) is 1. The molecular formula is C48H63F4N9O8. The molecule has 0 spiro atoms. The van der Waals surface area contributed by atoms with Crippen LogP contribution >= 0.6 is 0 Å². The third-order valence-corrected chi connectivity index (χ3v) is 12.7. The Labute approximate surface area is 398 Å². The molecule has 8 atom stereocenters. The lowest BCUT2D eigenvalue weighted by Crippen LogP contribution is -2.57. The molecule has 0 saturated carbocycles. The first-order valence-electron chi connectivity index (χ1n) is 23.2. The summed E-state index contributed by atoms with van der Waals surface area (Å²) in [5.74, 6) is -3.91. The summed E-state index contributed by atoms with van der Waals surface area (Å²) in [6.45, 7) is 12.4. The van der Waals surface area contributed by atoms with Crippen LogP contribution in [-0.2, 0) is 41.6 Å². The summed E-state index contributed by atoms with van der Waals surface area (Å²) in [7, 11) is 2.74. The van der Waals surface area contributed by atoms with Gasteiger partial charge in [-0.2, -0.15) is 0 Å². The lowest BCUT2D eigenvalue weighted by molar-refractivity contribution is -0.139. The summed E-state index contributed by atoms with van der Waals surface area (Å²) >= 11 is 0. The zero-order chi connectivity index (χ0) is 50.8. The number of H-pyrrole nitrogens is 1. The molecule has 4 N–H and O–H groups in total. The minimum absolute atomic E-state index is 0.0170. The van der Waals surface area contributed by atoms with Gasteiger partial charge >= 0.3 is 12.2 Å². The second-order valence-electron chi connectivity index (χ2n) is 19.3. The average Bonchev–Trinajstić information content (AvgIpc) is 4.04. The van der Waals surface area contributed by atoms with Crippen LogP contribution in [-0.4, -0.2) is 146 Å². The highest BCUT2D eigenvalue weighted by Crippen LogP contribution is 2.37. The van der Waals surface area contributed by atoms with E-state index in [1.165, 1.54) is 68.1 Å². The summed E-state index contributed by atoms with van der Waals surface area (Å²) in [5.41, 5.74) is 0.982. The first kappa shape index (κ1) is 52.0. The number of alkyl halides is 2. The van der Waals surface area contributed by atoms with E-state index in [1.54, 1.807) is 52.2 Å². The Morgan fingerprint density at radius 1 is 0.884 bits per heavy atom. The van der Waals surface area contributed by atoms with E-state index in [0.29, 0.717) is 27.7 Å². The van der Waals surface area contributed by atoms with Crippen LogP contribution in [0, 0.1) is 17.6 Å². The molecule has 6 rings (SSSR count). The van der Waals surface area contributed by atoms with Gasteiger partial charge in [-0.15, -0.1) is 0 Å². The van der Waals surface area contributed by atoms with Gasteiger partial charge in [0.2, 0.25) is 17.7 Å². The monoisotopic (exact) mass is 969 g/mol. The van der Waals surface area contributed by atoms with Gasteiger partial charge in [-0.3, -0.25) is 24.1 Å². The summed E-state index contributed by atoms with van der Waals surface area (Å²) in [5, 5.41) is 8.17. The van der Waals surface area contributed by atoms with Crippen LogP contribution < -0.4 is 16.0 Å². The fraction of sp³-hybridized carbons (Fsp3) is 0.562. The minimum atomic E-state index is -1.45. The summed E-state index contributed by atoms with van der Waals surface area (Å²) in [4.78, 5) is 91.8. The van der Waals surface area contributed by atoms with E-state index < -0.39 is 108 Å². The predicted octanol–water partition coefficient (Wildman–Crippen LogP) is 5.92. The van der Waals surface area contributed by atoms with Crippen molar-refractivity contribution in [1.82, 2.24) is 45.2 Å². The third-order valence-electron chi connectivity index (χ3n) is 12.7. The molecule has 69 heavy (non-hydrogen) atoms. The van der Waals surface area contributed by atoms with Gasteiger partial charge in [-0.25, -0.2) is 32.1 Å². The normalized spacial score (nSPS) is 20.2. The number of ether oxygens (including phenoxy) is 2. The standard InChI is InChI=1S/C48H63F4N9O8/c1-11-35(56-43(63)26(5)68-46(66)53-9)44(64)59-21-29(51)16-31(59)20-34-33-14-12-27(49)18-36(33)54-40(34)41-55-37-19-28(50)13-15-38(37)61(41)23-32-17-30(52)22-60(32)45(65)39(24(2)3)57-42(62)25(4)58(10)47(67)69-48(6,7)8/h12-15,18-19,24-26,29-32,35,39,54H,11,16-17,20-23H2,1-10H3,(H,53,66)(H,56,63)(H,57,62)/t25?,26?,29-,30-,31-,32-,35?,39?/m0/s1. The summed E-state index contributed by atoms with van der Waals surface area (Å²) < 4.78 is 73.2. The molecule has 2 aromatic heterocycles. The number of rotatable bonds is 15. The van der Waals surface area contributed by atoms with E-state index in [2.05, 4.69) is 20.9 Å². The van der Waals surface area contributed by atoms with E-state index >= 15 is 8.78 Å². The van der Waals surface area contributed by atoms with Crippen molar-refractivity contribution >= 4 is 57.8 Å². The molecular weight excluding hydrogens is 907 g/mol. The molecule has 0 aliphatic carbocycles. The van der Waals surface area contributed by atoms with Gasteiger partial charge in [0.25, 0.3) is 5.91 Å². The van der Waals surface area contributed by atoms with Gasteiger partial charge < -0.3 is 44.8 Å². The first-order valence-corrected chi connectivity index (χ1v) is 23.2. The number of imidazole rings is 1. The number of carbonyl (C=O) groups excluding carboxylic acids is 6. The maximum Gasteiger partial charge on any atom is 0.410 e. The van der Waals surface area contributed by atoms with Crippen LogP contribution in [0.4, 0.5) is 27.2 Å². The van der Waals surface area contributed by atoms with Crippen molar-refractivity contribution in [2.75, 3.05) is 27.2 Å². The molecule has 4 unspecified atom stereocenters. The quantitative estimate of drug-likeness (QED) is 0.105. The van der Waals surface area contributed by atoms with E-state index in [1.807, 2.05) is 0 Å². The molecule has 2 aliphatic heterocycles. The Morgan fingerprint density at radius 2 is 1.51 bits per heavy atom. The van der Waals surface area contributed by atoms with Crippen molar-refractivity contribution in [3.05, 3.63) is 53.6 Å². The molecule has 4 heterocycles. The van der Waals surface area contributed by atoms with Crippen molar-refractivity contribution in [2.45, 2.75) is 142 Å². The maximum absolute atomic E-state index is 15.7. The highest BCUT2D eigenvalue weighted by Gasteiger charge is 2.43. The van der Waals surface area contributed by atoms with Gasteiger partial charge in [0.1, 0.15) is 47.7 Å². The number of halogens is 4. The molecule has 2 saturated heterocycles. The molecule has 4 aromatic rings. The predicted molar refractivity (Wildman–Crippen MR) is 248 cm³/mol. The summed E-state index contributed by atoms with van der Waals surface area (Å²) in [6, 6.07) is 3.16. The third kappa shape index (κ3) is 11.7. The van der Waals surface area contributed by atoms with Gasteiger partial charge in [-0.05, 0) is 89.3 Å². The smallest absolute Gasteiger partial charge is 0.410 e. The number of hydrogen-bond donors (Lipinski definition) is 4. The highest BCUT2D eigenvalue weighted by molar-refractivity contribution is 5.94. The van der Waals surface area contributed by atoms with Crippen molar-refractivity contribution in [3.63, 3.8) is 0 Å². The van der Waals surface area contributed by atoms with Crippen molar-refractivity contribution < 1.29 is 55.8 Å². The zero-order valence-corrected chi connectivity index (χ0v) is 40.6. The van der Waals surface area contributed by atoms with Crippen LogP contribution in [0.5, 0.6) is 0 Å². The molecule has 0 radical (unpaired) electrons. The van der Waals surface area contributed by atoms with Gasteiger partial charge in [0.15, 0.2) is 11.9 Å². The number of carbonyl (C=O) groups is 6. The number of alkyl carbamates (subject to hydrolysis) is 1. The van der Waals surface area contributed by atoms with E-state index in [-0.39, 0.29) is 56.7 Å². The Morgan fingerprint density at radius 3 is 2.13 bits per heavy atom. The van der Waals surface area contributed by atoms with Crippen LogP contribution in [0.25, 0.3) is 33.5 Å². The Bertz CT molecular complexity index is 2580. The van der Waals surface area contributed by atoms with Crippen LogP contribution in [0.2, 0.25) is 0 Å². The number of amides is 6. The molecule has 0 bridgehead atoms. The van der Waals surface area contributed by atoms with E-state index in [4.69, 9.17) is 14.5 Å². The second kappa shape index (κ2) is 21.1. The number of nitrogens with zero attached hydrogens (tertiary/aromatic N) is 5. The zero-order valence-electron chi connectivity index (χ0n) is 40.6. The van der Waals surface area contributed by atoms with Crippen LogP contribution in [0.3, 0.4) is 0 Å². The van der Waals surface area contributed by atoms with Crippen molar-refractivity contribution in [2.24, 2.45) is 5.92 Å². The molecule has 21 heteroatoms. The lowest BCUT2D eigenvalue weighted by Gasteiger charge is -2.33. The fourth-order valence-corrected chi connectivity index (χ4v) is 8.92. The van der Waals surface area contributed by atoms with Crippen molar-refractivity contribution in [1.29, 1.82) is 0 Å². The number of fused-ring (bicyclic) bond motifs is 2. The Hall–Kier alpha value is -6.41. The molecule has 376 valence electrons. The number of hydrogen-bond acceptors (Lipinski definition) is 9. The molecule has 17 nitrogen and oxygen atoms in total. The second-order valence-corrected chi connectivity index (χ2v) is 19.3. The fourth-order valence-electron chi connectivity index (χ4n) is 8.92. The molecule has 6 amide bonds. The summed E-state index contributed by atoms with van der Waals surface area (Å²) in [6.07, 6.45) is -5.75. The lowest BCUT2D eigenvalue weighted by atomic mass is 9.99. The van der Waals surface area contributed by atoms with Gasteiger partial charge in [0.05, 0.1) is 35.9 Å². The average molecular weight is 970 g/mol. The van der Waals surface area contributed by atoms with Gasteiger partial charge in [0, 0.05) is 56.5 Å². The number of nitrogens with one attached hydrogen (secondary N) is 4. The maximum atomic E-state index is 15.7. The topological polar surface area (TPSA) is 200 Å². The number of benzene rings is 2. The molecule has 2 aromatic carbocycles. The van der Waals surface area contributed by atoms with Crippen molar-refractivity contribution in [3.8, 4) is 11.5 Å². The Balaban J connectivity index is 1.34. The SMILES string of the molecule is CCC(NC(=O)C(C)OC(=O)NC)C(=O)N1C[C@@H](F)C[C@H]1Cc1c(-c2nc3cc(F)ccc3n2C[C@@H]2C[C@H](F)CN2C(=O)C(NC(=O)C(C)N(C)C(=O)OC(C)(C)C)C(C)C)[nH]c2cc(F)ccc12. The van der Waals surface area contributed by atoms with E-state index in [9.17, 15) is 37.5 Å². The largest absolute Gasteiger partial charge is 0.444 e. The number of aromatic amines is 1. The number of aromatic nitrogens is 3. The molecule has 2 fully saturated rings. The molecule has 2 aliphatic rings. The van der Waals surface area contributed by atoms with Crippen LogP contribution in [0.1, 0.15) is 80.2 Å². The van der Waals surface area contributed by atoms with Gasteiger partial charge in [-0.1, -0.05) is 20.8 Å². The number of likely N-dealkylation sites (tertiary alicyclic amines) is 2. The minimum Gasteiger partial charge on any atom is -0.444 e. The highest BCUT2D eigenvalue weighted by atomic mass is 19.1. The van der Waals surface area contributed by atoms with E-state index in [0.717, 1.165) is 4.90 Å².